The molecule has 0 radical (unpaired) electrons. The smallest absolute Gasteiger partial charge is 0.227 e. The highest BCUT2D eigenvalue weighted by molar-refractivity contribution is 5.80. The van der Waals surface area contributed by atoms with Crippen LogP contribution >= 0.6 is 0 Å². The van der Waals surface area contributed by atoms with E-state index in [4.69, 9.17) is 14.2 Å². The Kier molecular flexibility index (Phi) is 8.36. The van der Waals surface area contributed by atoms with Crippen molar-refractivity contribution in [1.82, 2.24) is 9.80 Å². The van der Waals surface area contributed by atoms with Gasteiger partial charge in [-0.25, -0.2) is 0 Å². The van der Waals surface area contributed by atoms with Gasteiger partial charge in [-0.1, -0.05) is 18.2 Å². The van der Waals surface area contributed by atoms with E-state index >= 15 is 0 Å². The molecule has 1 aliphatic heterocycles. The first-order chi connectivity index (χ1) is 15.5. The van der Waals surface area contributed by atoms with Gasteiger partial charge in [-0.15, -0.1) is 0 Å². The third kappa shape index (κ3) is 6.15. The van der Waals surface area contributed by atoms with Gasteiger partial charge in [-0.3, -0.25) is 9.59 Å². The number of carbonyl (C=O) groups excluding carboxylic acids is 2. The van der Waals surface area contributed by atoms with Crippen molar-refractivity contribution < 1.29 is 23.8 Å². The van der Waals surface area contributed by atoms with E-state index in [9.17, 15) is 9.59 Å². The molecule has 172 valence electrons. The average Bonchev–Trinajstić information content (AvgIpc) is 2.83. The van der Waals surface area contributed by atoms with Gasteiger partial charge in [0.05, 0.1) is 27.2 Å². The van der Waals surface area contributed by atoms with E-state index in [-0.39, 0.29) is 11.8 Å². The van der Waals surface area contributed by atoms with Crippen molar-refractivity contribution in [2.45, 2.75) is 26.2 Å². The summed E-state index contributed by atoms with van der Waals surface area (Å²) in [7, 11) is 3.20. The number of amides is 2. The normalized spacial score (nSPS) is 13.6. The van der Waals surface area contributed by atoms with Crippen molar-refractivity contribution in [2.24, 2.45) is 0 Å². The summed E-state index contributed by atoms with van der Waals surface area (Å²) in [5, 5.41) is 0. The number of carbonyl (C=O) groups is 2. The molecule has 1 fully saturated rings. The molecule has 2 amide bonds. The average molecular weight is 441 g/mol. The molecule has 32 heavy (non-hydrogen) atoms. The number of nitrogens with zero attached hydrogens (tertiary/aromatic N) is 2. The Balaban J connectivity index is 1.44. The van der Waals surface area contributed by atoms with Crippen molar-refractivity contribution in [2.75, 3.05) is 47.0 Å². The van der Waals surface area contributed by atoms with Crippen molar-refractivity contribution in [3.05, 3.63) is 53.6 Å². The molecular formula is C25H32N2O5. The second-order valence-corrected chi connectivity index (χ2v) is 7.70. The van der Waals surface area contributed by atoms with Crippen LogP contribution in [0, 0.1) is 0 Å². The van der Waals surface area contributed by atoms with Gasteiger partial charge in [0, 0.05) is 32.6 Å². The quantitative estimate of drug-likeness (QED) is 0.600. The predicted molar refractivity (Wildman–Crippen MR) is 122 cm³/mol. The Labute approximate surface area is 189 Å². The van der Waals surface area contributed by atoms with E-state index in [2.05, 4.69) is 0 Å². The topological polar surface area (TPSA) is 68.3 Å². The van der Waals surface area contributed by atoms with Crippen LogP contribution in [0.3, 0.4) is 0 Å². The zero-order chi connectivity index (χ0) is 22.9. The first-order valence-electron chi connectivity index (χ1n) is 11.0. The van der Waals surface area contributed by atoms with Crippen molar-refractivity contribution in [3.63, 3.8) is 0 Å². The second-order valence-electron chi connectivity index (χ2n) is 7.70. The Hall–Kier alpha value is -3.22. The van der Waals surface area contributed by atoms with E-state index in [1.54, 1.807) is 14.2 Å². The van der Waals surface area contributed by atoms with Crippen LogP contribution in [-0.4, -0.2) is 68.6 Å². The Morgan fingerprint density at radius 2 is 1.41 bits per heavy atom. The summed E-state index contributed by atoms with van der Waals surface area (Å²) in [5.74, 6) is 2.35. The van der Waals surface area contributed by atoms with E-state index in [0.717, 1.165) is 16.9 Å². The molecule has 7 heteroatoms. The van der Waals surface area contributed by atoms with Gasteiger partial charge in [-0.2, -0.15) is 0 Å². The summed E-state index contributed by atoms with van der Waals surface area (Å²) < 4.78 is 16.0. The minimum Gasteiger partial charge on any atom is -0.494 e. The maximum Gasteiger partial charge on any atom is 0.227 e. The first-order valence-corrected chi connectivity index (χ1v) is 11.0. The highest BCUT2D eigenvalue weighted by atomic mass is 16.5. The van der Waals surface area contributed by atoms with Gasteiger partial charge in [0.15, 0.2) is 11.5 Å². The van der Waals surface area contributed by atoms with Crippen molar-refractivity contribution >= 4 is 11.8 Å². The summed E-state index contributed by atoms with van der Waals surface area (Å²) in [6.07, 6.45) is 1.42. The molecule has 3 rings (SSSR count). The standard InChI is InChI=1S/C25H32N2O5/c1-4-32-21-9-5-20(6-10-21)18-25(29)27-15-13-26(14-16-27)24(28)12-8-19-7-11-22(30-2)23(17-19)31-3/h5-7,9-11,17H,4,8,12-16,18H2,1-3H3. The molecule has 0 saturated carbocycles. The maximum absolute atomic E-state index is 12.7. The molecule has 0 spiro atoms. The summed E-state index contributed by atoms with van der Waals surface area (Å²) in [4.78, 5) is 29.0. The van der Waals surface area contributed by atoms with Gasteiger partial charge < -0.3 is 24.0 Å². The van der Waals surface area contributed by atoms with Gasteiger partial charge in [0.2, 0.25) is 11.8 Å². The van der Waals surface area contributed by atoms with Crippen LogP contribution in [-0.2, 0) is 22.4 Å². The zero-order valence-electron chi connectivity index (χ0n) is 19.1. The van der Waals surface area contributed by atoms with Crippen molar-refractivity contribution in [3.8, 4) is 17.2 Å². The van der Waals surface area contributed by atoms with Crippen LogP contribution in [0.4, 0.5) is 0 Å². The van der Waals surface area contributed by atoms with E-state index < -0.39 is 0 Å². The third-order valence-electron chi connectivity index (χ3n) is 5.65. The summed E-state index contributed by atoms with van der Waals surface area (Å²) in [6.45, 7) is 4.84. The predicted octanol–water partition coefficient (Wildman–Crippen LogP) is 2.95. The number of ether oxygens (including phenoxy) is 3. The van der Waals surface area contributed by atoms with Gasteiger partial charge >= 0.3 is 0 Å². The largest absolute Gasteiger partial charge is 0.494 e. The lowest BCUT2D eigenvalue weighted by Gasteiger charge is -2.35. The Morgan fingerprint density at radius 1 is 0.812 bits per heavy atom. The van der Waals surface area contributed by atoms with Crippen LogP contribution in [0.5, 0.6) is 17.2 Å². The number of hydrogen-bond acceptors (Lipinski definition) is 5. The molecule has 0 bridgehead atoms. The highest BCUT2D eigenvalue weighted by Crippen LogP contribution is 2.28. The molecular weight excluding hydrogens is 408 g/mol. The number of aryl methyl sites for hydroxylation is 1. The SMILES string of the molecule is CCOc1ccc(CC(=O)N2CCN(C(=O)CCc3ccc(OC)c(OC)c3)CC2)cc1. The minimum atomic E-state index is 0.0894. The van der Waals surface area contributed by atoms with Gasteiger partial charge in [-0.05, 0) is 48.7 Å². The Morgan fingerprint density at radius 3 is 2.00 bits per heavy atom. The second kappa shape index (κ2) is 11.4. The van der Waals surface area contributed by atoms with Crippen LogP contribution in [0.25, 0.3) is 0 Å². The molecule has 1 heterocycles. The van der Waals surface area contributed by atoms with Crippen LogP contribution in [0.15, 0.2) is 42.5 Å². The van der Waals surface area contributed by atoms with Gasteiger partial charge in [0.1, 0.15) is 5.75 Å². The summed E-state index contributed by atoms with van der Waals surface area (Å²) in [6, 6.07) is 13.3. The zero-order valence-corrected chi connectivity index (χ0v) is 19.1. The Bertz CT molecular complexity index is 905. The minimum absolute atomic E-state index is 0.0894. The molecule has 0 unspecified atom stereocenters. The number of rotatable bonds is 9. The fourth-order valence-corrected chi connectivity index (χ4v) is 3.81. The van der Waals surface area contributed by atoms with Gasteiger partial charge in [0.25, 0.3) is 0 Å². The number of benzene rings is 2. The molecule has 0 aromatic heterocycles. The molecule has 2 aromatic carbocycles. The van der Waals surface area contributed by atoms with E-state index in [0.29, 0.717) is 63.5 Å². The van der Waals surface area contributed by atoms with E-state index in [1.165, 1.54) is 0 Å². The van der Waals surface area contributed by atoms with Crippen LogP contribution in [0.2, 0.25) is 0 Å². The molecule has 0 atom stereocenters. The fraction of sp³-hybridized carbons (Fsp3) is 0.440. The highest BCUT2D eigenvalue weighted by Gasteiger charge is 2.24. The molecule has 1 aliphatic rings. The molecule has 7 nitrogen and oxygen atoms in total. The van der Waals surface area contributed by atoms with Crippen LogP contribution in [0.1, 0.15) is 24.5 Å². The lowest BCUT2D eigenvalue weighted by atomic mass is 10.1. The summed E-state index contributed by atoms with van der Waals surface area (Å²) >= 11 is 0. The number of piperazine rings is 1. The number of methoxy groups -OCH3 is 2. The molecule has 1 saturated heterocycles. The van der Waals surface area contributed by atoms with Crippen LogP contribution < -0.4 is 14.2 Å². The van der Waals surface area contributed by atoms with E-state index in [1.807, 2.05) is 59.2 Å². The monoisotopic (exact) mass is 440 g/mol. The molecule has 0 aliphatic carbocycles. The molecule has 2 aromatic rings. The molecule has 0 N–H and O–H groups in total. The lowest BCUT2D eigenvalue weighted by Crippen LogP contribution is -2.51. The lowest BCUT2D eigenvalue weighted by molar-refractivity contribution is -0.139. The summed E-state index contributed by atoms with van der Waals surface area (Å²) in [5.41, 5.74) is 1.99. The fourth-order valence-electron chi connectivity index (χ4n) is 3.81. The van der Waals surface area contributed by atoms with Crippen molar-refractivity contribution in [1.29, 1.82) is 0 Å². The first kappa shape index (κ1) is 23.4. The number of hydrogen-bond donors (Lipinski definition) is 0. The third-order valence-corrected chi connectivity index (χ3v) is 5.65. The maximum atomic E-state index is 12.7.